The summed E-state index contributed by atoms with van der Waals surface area (Å²) in [6, 6.07) is 0. The summed E-state index contributed by atoms with van der Waals surface area (Å²) in [5.74, 6) is 0.295. The molecule has 0 heterocycles. The molecule has 0 saturated carbocycles. The second-order valence-corrected chi connectivity index (χ2v) is 7.66. The minimum absolute atomic E-state index is 0.183. The standard InChI is InChI=1S/C16H34N2O/c1-9-18(12-10-11-17(7)8)14(19)16(5,6)13-15(2,3)4/h9-13H2,1-8H3. The number of rotatable bonds is 7. The molecule has 3 nitrogen and oxygen atoms in total. The average molecular weight is 270 g/mol. The zero-order valence-corrected chi connectivity index (χ0v) is 14.3. The van der Waals surface area contributed by atoms with Crippen molar-refractivity contribution in [2.75, 3.05) is 33.7 Å². The Bertz CT molecular complexity index is 277. The lowest BCUT2D eigenvalue weighted by Gasteiger charge is -2.35. The SMILES string of the molecule is CCN(CCCN(C)C)C(=O)C(C)(C)CC(C)(C)C. The van der Waals surface area contributed by atoms with Crippen molar-refractivity contribution in [2.24, 2.45) is 10.8 Å². The van der Waals surface area contributed by atoms with Crippen LogP contribution in [0.1, 0.15) is 54.4 Å². The molecule has 0 rings (SSSR count). The molecule has 0 atom stereocenters. The summed E-state index contributed by atoms with van der Waals surface area (Å²) in [4.78, 5) is 16.8. The van der Waals surface area contributed by atoms with Gasteiger partial charge in [0.05, 0.1) is 0 Å². The van der Waals surface area contributed by atoms with Gasteiger partial charge in [-0.1, -0.05) is 34.6 Å². The third kappa shape index (κ3) is 7.56. The molecule has 114 valence electrons. The van der Waals surface area contributed by atoms with E-state index in [2.05, 4.69) is 60.5 Å². The quantitative estimate of drug-likeness (QED) is 0.709. The zero-order chi connectivity index (χ0) is 15.3. The molecule has 0 aliphatic carbocycles. The highest BCUT2D eigenvalue weighted by molar-refractivity contribution is 5.82. The first-order valence-corrected chi connectivity index (χ1v) is 7.44. The molecular formula is C16H34N2O. The van der Waals surface area contributed by atoms with Crippen LogP contribution in [0.3, 0.4) is 0 Å². The Morgan fingerprint density at radius 1 is 1.00 bits per heavy atom. The van der Waals surface area contributed by atoms with Crippen LogP contribution in [0.15, 0.2) is 0 Å². The van der Waals surface area contributed by atoms with Crippen molar-refractivity contribution in [3.63, 3.8) is 0 Å². The third-order valence-corrected chi connectivity index (χ3v) is 3.25. The van der Waals surface area contributed by atoms with Crippen molar-refractivity contribution in [3.05, 3.63) is 0 Å². The Labute approximate surface area is 120 Å². The van der Waals surface area contributed by atoms with Crippen LogP contribution in [0.5, 0.6) is 0 Å². The molecule has 0 bridgehead atoms. The number of amides is 1. The molecule has 0 aliphatic rings. The number of hydrogen-bond donors (Lipinski definition) is 0. The average Bonchev–Trinajstić information content (AvgIpc) is 2.19. The Balaban J connectivity index is 4.56. The van der Waals surface area contributed by atoms with Crippen LogP contribution in [0.2, 0.25) is 0 Å². The number of carbonyl (C=O) groups excluding carboxylic acids is 1. The summed E-state index contributed by atoms with van der Waals surface area (Å²) in [5.41, 5.74) is -0.0887. The molecule has 0 N–H and O–H groups in total. The maximum atomic E-state index is 12.7. The predicted octanol–water partition coefficient (Wildman–Crippen LogP) is 3.25. The van der Waals surface area contributed by atoms with E-state index in [1.807, 2.05) is 4.90 Å². The van der Waals surface area contributed by atoms with Gasteiger partial charge in [0.25, 0.3) is 0 Å². The molecule has 19 heavy (non-hydrogen) atoms. The number of hydrogen-bond acceptors (Lipinski definition) is 2. The van der Waals surface area contributed by atoms with Crippen LogP contribution in [-0.2, 0) is 4.79 Å². The molecule has 0 spiro atoms. The maximum absolute atomic E-state index is 12.7. The maximum Gasteiger partial charge on any atom is 0.228 e. The molecule has 0 unspecified atom stereocenters. The topological polar surface area (TPSA) is 23.6 Å². The molecule has 0 aromatic rings. The van der Waals surface area contributed by atoms with Crippen molar-refractivity contribution in [3.8, 4) is 0 Å². The van der Waals surface area contributed by atoms with E-state index < -0.39 is 0 Å². The van der Waals surface area contributed by atoms with E-state index in [-0.39, 0.29) is 10.8 Å². The van der Waals surface area contributed by atoms with Gasteiger partial charge >= 0.3 is 0 Å². The van der Waals surface area contributed by atoms with Crippen molar-refractivity contribution < 1.29 is 4.79 Å². The summed E-state index contributed by atoms with van der Waals surface area (Å²) in [7, 11) is 4.14. The largest absolute Gasteiger partial charge is 0.342 e. The second-order valence-electron chi connectivity index (χ2n) is 7.66. The van der Waals surface area contributed by atoms with Crippen molar-refractivity contribution in [1.82, 2.24) is 9.80 Å². The minimum Gasteiger partial charge on any atom is -0.342 e. The molecular weight excluding hydrogens is 236 g/mol. The normalized spacial score (nSPS) is 12.9. The number of carbonyl (C=O) groups is 1. The van der Waals surface area contributed by atoms with Gasteiger partial charge in [-0.05, 0) is 45.8 Å². The number of nitrogens with zero attached hydrogens (tertiary/aromatic N) is 2. The minimum atomic E-state index is -0.271. The summed E-state index contributed by atoms with van der Waals surface area (Å²) in [6.07, 6.45) is 1.96. The van der Waals surface area contributed by atoms with Crippen LogP contribution >= 0.6 is 0 Å². The molecule has 0 aliphatic heterocycles. The van der Waals surface area contributed by atoms with Crippen LogP contribution in [0, 0.1) is 10.8 Å². The van der Waals surface area contributed by atoms with Gasteiger partial charge in [-0.15, -0.1) is 0 Å². The third-order valence-electron chi connectivity index (χ3n) is 3.25. The lowest BCUT2D eigenvalue weighted by atomic mass is 9.75. The van der Waals surface area contributed by atoms with Crippen molar-refractivity contribution in [1.29, 1.82) is 0 Å². The fourth-order valence-corrected chi connectivity index (χ4v) is 2.81. The first-order chi connectivity index (χ1) is 8.49. The predicted molar refractivity (Wildman–Crippen MR) is 83.3 cm³/mol. The highest BCUT2D eigenvalue weighted by Crippen LogP contribution is 2.34. The van der Waals surface area contributed by atoms with Gasteiger partial charge in [0.15, 0.2) is 0 Å². The van der Waals surface area contributed by atoms with Crippen LogP contribution in [0.25, 0.3) is 0 Å². The fraction of sp³-hybridized carbons (Fsp3) is 0.938. The van der Waals surface area contributed by atoms with Crippen molar-refractivity contribution >= 4 is 5.91 Å². The molecule has 0 fully saturated rings. The zero-order valence-electron chi connectivity index (χ0n) is 14.3. The van der Waals surface area contributed by atoms with Gasteiger partial charge in [0, 0.05) is 18.5 Å². The highest BCUT2D eigenvalue weighted by Gasteiger charge is 2.34. The Hall–Kier alpha value is -0.570. The first kappa shape index (κ1) is 18.4. The van der Waals surface area contributed by atoms with E-state index in [0.29, 0.717) is 5.91 Å². The highest BCUT2D eigenvalue weighted by atomic mass is 16.2. The molecule has 0 saturated heterocycles. The summed E-state index contributed by atoms with van der Waals surface area (Å²) in [5, 5.41) is 0. The first-order valence-electron chi connectivity index (χ1n) is 7.44. The Morgan fingerprint density at radius 3 is 1.89 bits per heavy atom. The van der Waals surface area contributed by atoms with E-state index in [4.69, 9.17) is 0 Å². The van der Waals surface area contributed by atoms with Gasteiger partial charge in [-0.2, -0.15) is 0 Å². The Morgan fingerprint density at radius 2 is 1.53 bits per heavy atom. The fourth-order valence-electron chi connectivity index (χ4n) is 2.81. The van der Waals surface area contributed by atoms with Gasteiger partial charge in [-0.25, -0.2) is 0 Å². The summed E-state index contributed by atoms with van der Waals surface area (Å²) >= 11 is 0. The lowest BCUT2D eigenvalue weighted by molar-refractivity contribution is -0.141. The second kappa shape index (κ2) is 7.28. The van der Waals surface area contributed by atoms with E-state index >= 15 is 0 Å². The summed E-state index contributed by atoms with van der Waals surface area (Å²) < 4.78 is 0. The monoisotopic (exact) mass is 270 g/mol. The molecule has 0 aromatic heterocycles. The van der Waals surface area contributed by atoms with Gasteiger partial charge in [0.1, 0.15) is 0 Å². The van der Waals surface area contributed by atoms with E-state index in [9.17, 15) is 4.79 Å². The molecule has 3 heteroatoms. The van der Waals surface area contributed by atoms with Gasteiger partial charge in [0.2, 0.25) is 5.91 Å². The van der Waals surface area contributed by atoms with Crippen LogP contribution in [0.4, 0.5) is 0 Å². The summed E-state index contributed by atoms with van der Waals surface area (Å²) in [6.45, 7) is 15.5. The smallest absolute Gasteiger partial charge is 0.228 e. The van der Waals surface area contributed by atoms with E-state index in [0.717, 1.165) is 32.5 Å². The van der Waals surface area contributed by atoms with E-state index in [1.54, 1.807) is 0 Å². The molecule has 0 radical (unpaired) electrons. The molecule has 1 amide bonds. The lowest BCUT2D eigenvalue weighted by Crippen LogP contribution is -2.43. The van der Waals surface area contributed by atoms with Gasteiger partial charge < -0.3 is 9.80 Å². The van der Waals surface area contributed by atoms with E-state index in [1.165, 1.54) is 0 Å². The Kier molecular flexibility index (Phi) is 7.06. The van der Waals surface area contributed by atoms with Crippen LogP contribution < -0.4 is 0 Å². The van der Waals surface area contributed by atoms with Gasteiger partial charge in [-0.3, -0.25) is 4.79 Å². The van der Waals surface area contributed by atoms with Crippen molar-refractivity contribution in [2.45, 2.75) is 54.4 Å². The molecule has 0 aromatic carbocycles. The van der Waals surface area contributed by atoms with Crippen LogP contribution in [-0.4, -0.2) is 49.4 Å².